The van der Waals surface area contributed by atoms with E-state index >= 15 is 0 Å². The van der Waals surface area contributed by atoms with Gasteiger partial charge in [-0.25, -0.2) is 8.42 Å². The average molecular weight is 330 g/mol. The molecule has 0 amide bonds. The van der Waals surface area contributed by atoms with E-state index in [1.165, 1.54) is 25.7 Å². The molecule has 0 bridgehead atoms. The standard InChI is InChI=1S/C15H32O4S.Na/c1-3-4-5-6-7-8-9-12-15(20(17,18)19)13-10-11-14(2)16;/h14-16H,3-13H2,1-2H3,(H,17,18,19);/q;+1/p-1. The van der Waals surface area contributed by atoms with Crippen LogP contribution in [0.1, 0.15) is 84.5 Å². The van der Waals surface area contributed by atoms with Gasteiger partial charge in [0.2, 0.25) is 0 Å². The molecule has 6 heteroatoms. The first-order chi connectivity index (χ1) is 9.38. The van der Waals surface area contributed by atoms with Gasteiger partial charge < -0.3 is 9.66 Å². The summed E-state index contributed by atoms with van der Waals surface area (Å²) in [4.78, 5) is 0. The fourth-order valence-corrected chi connectivity index (χ4v) is 3.31. The minimum Gasteiger partial charge on any atom is -0.748 e. The zero-order valence-corrected chi connectivity index (χ0v) is 16.8. The molecule has 2 unspecified atom stereocenters. The first-order valence-electron chi connectivity index (χ1n) is 8.00. The Kier molecular flexibility index (Phi) is 16.6. The fourth-order valence-electron chi connectivity index (χ4n) is 2.40. The van der Waals surface area contributed by atoms with E-state index < -0.39 is 21.5 Å². The topological polar surface area (TPSA) is 77.4 Å². The quantitative estimate of drug-likeness (QED) is 0.305. The van der Waals surface area contributed by atoms with Crippen molar-refractivity contribution >= 4 is 10.1 Å². The van der Waals surface area contributed by atoms with Crippen LogP contribution in [0.2, 0.25) is 0 Å². The largest absolute Gasteiger partial charge is 1.00 e. The molecule has 0 aliphatic heterocycles. The average Bonchev–Trinajstić information content (AvgIpc) is 2.33. The summed E-state index contributed by atoms with van der Waals surface area (Å²) in [5.41, 5.74) is 0. The molecular formula is C15H31NaO4S. The van der Waals surface area contributed by atoms with Gasteiger partial charge in [-0.3, -0.25) is 0 Å². The zero-order valence-electron chi connectivity index (χ0n) is 14.0. The van der Waals surface area contributed by atoms with Gasteiger partial charge in [-0.2, -0.15) is 0 Å². The van der Waals surface area contributed by atoms with Crippen molar-refractivity contribution in [1.29, 1.82) is 0 Å². The Labute approximate surface area is 153 Å². The molecular weight excluding hydrogens is 299 g/mol. The minimum atomic E-state index is -4.20. The van der Waals surface area contributed by atoms with Gasteiger partial charge >= 0.3 is 29.6 Å². The Morgan fingerprint density at radius 3 is 1.86 bits per heavy atom. The van der Waals surface area contributed by atoms with Gasteiger partial charge in [0.15, 0.2) is 0 Å². The number of hydrogen-bond donors (Lipinski definition) is 1. The van der Waals surface area contributed by atoms with E-state index in [1.54, 1.807) is 6.92 Å². The van der Waals surface area contributed by atoms with Crippen LogP contribution in [0.3, 0.4) is 0 Å². The summed E-state index contributed by atoms with van der Waals surface area (Å²) >= 11 is 0. The van der Waals surface area contributed by atoms with Crippen molar-refractivity contribution in [2.24, 2.45) is 0 Å². The number of hydrogen-bond acceptors (Lipinski definition) is 4. The van der Waals surface area contributed by atoms with Crippen molar-refractivity contribution in [3.05, 3.63) is 0 Å². The summed E-state index contributed by atoms with van der Waals surface area (Å²) in [5, 5.41) is 8.39. The molecule has 1 N–H and O–H groups in total. The summed E-state index contributed by atoms with van der Waals surface area (Å²) in [6, 6.07) is 0. The van der Waals surface area contributed by atoms with E-state index in [-0.39, 0.29) is 29.6 Å². The van der Waals surface area contributed by atoms with Crippen molar-refractivity contribution in [3.8, 4) is 0 Å². The van der Waals surface area contributed by atoms with Gasteiger partial charge in [-0.15, -0.1) is 0 Å². The summed E-state index contributed by atoms with van der Waals surface area (Å²) in [7, 11) is -4.20. The minimum absolute atomic E-state index is 0. The van der Waals surface area contributed by atoms with Crippen molar-refractivity contribution in [1.82, 2.24) is 0 Å². The van der Waals surface area contributed by atoms with Crippen molar-refractivity contribution < 1.29 is 47.6 Å². The van der Waals surface area contributed by atoms with E-state index in [4.69, 9.17) is 5.11 Å². The van der Waals surface area contributed by atoms with Gasteiger partial charge in [0.05, 0.1) is 16.2 Å². The molecule has 0 aliphatic carbocycles. The zero-order chi connectivity index (χ0) is 15.4. The van der Waals surface area contributed by atoms with E-state index in [0.717, 1.165) is 19.3 Å². The van der Waals surface area contributed by atoms with Gasteiger partial charge in [0, 0.05) is 5.25 Å². The Hall–Kier alpha value is 0.870. The first kappa shape index (κ1) is 24.1. The summed E-state index contributed by atoms with van der Waals surface area (Å²) < 4.78 is 33.6. The Bertz CT molecular complexity index is 318. The third kappa shape index (κ3) is 15.5. The molecule has 4 nitrogen and oxygen atoms in total. The predicted octanol–water partition coefficient (Wildman–Crippen LogP) is 0.596. The Balaban J connectivity index is 0. The summed E-state index contributed by atoms with van der Waals surface area (Å²) in [6.07, 6.45) is 9.45. The SMILES string of the molecule is CCCCCCCCCC(CCCC(C)O)S(=O)(=O)[O-].[Na+]. The Morgan fingerprint density at radius 2 is 1.38 bits per heavy atom. The first-order valence-corrected chi connectivity index (χ1v) is 9.47. The van der Waals surface area contributed by atoms with Crippen LogP contribution < -0.4 is 29.6 Å². The molecule has 0 aromatic rings. The number of rotatable bonds is 13. The third-order valence-corrected chi connectivity index (χ3v) is 4.97. The third-order valence-electron chi connectivity index (χ3n) is 3.69. The summed E-state index contributed by atoms with van der Waals surface area (Å²) in [6.45, 7) is 3.86. The maximum Gasteiger partial charge on any atom is 1.00 e. The second-order valence-electron chi connectivity index (χ2n) is 5.80. The number of aliphatic hydroxyl groups excluding tert-OH is 1. The molecule has 0 aromatic carbocycles. The molecule has 0 fully saturated rings. The van der Waals surface area contributed by atoms with Crippen molar-refractivity contribution in [2.75, 3.05) is 0 Å². The van der Waals surface area contributed by atoms with Crippen molar-refractivity contribution in [2.45, 2.75) is 95.8 Å². The van der Waals surface area contributed by atoms with Gasteiger partial charge in [0.25, 0.3) is 0 Å². The molecule has 0 heterocycles. The molecule has 0 spiro atoms. The van der Waals surface area contributed by atoms with Crippen LogP contribution in [0.25, 0.3) is 0 Å². The van der Waals surface area contributed by atoms with Crippen LogP contribution in [0.5, 0.6) is 0 Å². The molecule has 2 atom stereocenters. The normalized spacial score (nSPS) is 14.5. The van der Waals surface area contributed by atoms with E-state index in [0.29, 0.717) is 25.7 Å². The maximum absolute atomic E-state index is 11.2. The predicted molar refractivity (Wildman–Crippen MR) is 81.6 cm³/mol. The van der Waals surface area contributed by atoms with Crippen LogP contribution in [-0.4, -0.2) is 29.4 Å². The van der Waals surface area contributed by atoms with Gasteiger partial charge in [0.1, 0.15) is 0 Å². The second-order valence-corrected chi connectivity index (χ2v) is 7.46. The van der Waals surface area contributed by atoms with E-state index in [2.05, 4.69) is 6.92 Å². The fraction of sp³-hybridized carbons (Fsp3) is 1.00. The number of aliphatic hydroxyl groups is 1. The number of unbranched alkanes of at least 4 members (excludes halogenated alkanes) is 6. The molecule has 0 rings (SSSR count). The molecule has 21 heavy (non-hydrogen) atoms. The Morgan fingerprint density at radius 1 is 0.905 bits per heavy atom. The van der Waals surface area contributed by atoms with Crippen LogP contribution in [0, 0.1) is 0 Å². The molecule has 122 valence electrons. The molecule has 0 saturated carbocycles. The molecule has 0 saturated heterocycles. The van der Waals surface area contributed by atoms with Crippen LogP contribution >= 0.6 is 0 Å². The second kappa shape index (κ2) is 14.5. The smallest absolute Gasteiger partial charge is 0.748 e. The van der Waals surface area contributed by atoms with Gasteiger partial charge in [-0.05, 0) is 32.6 Å². The van der Waals surface area contributed by atoms with Crippen LogP contribution in [0.4, 0.5) is 0 Å². The molecule has 0 aromatic heterocycles. The molecule has 0 radical (unpaired) electrons. The van der Waals surface area contributed by atoms with Crippen LogP contribution in [-0.2, 0) is 10.1 Å². The molecule has 0 aliphatic rings. The maximum atomic E-state index is 11.2. The van der Waals surface area contributed by atoms with E-state index in [9.17, 15) is 13.0 Å². The van der Waals surface area contributed by atoms with Crippen molar-refractivity contribution in [3.63, 3.8) is 0 Å². The summed E-state index contributed by atoms with van der Waals surface area (Å²) in [5.74, 6) is 0. The van der Waals surface area contributed by atoms with Gasteiger partial charge in [-0.1, -0.05) is 51.9 Å². The monoisotopic (exact) mass is 330 g/mol. The van der Waals surface area contributed by atoms with Crippen LogP contribution in [0.15, 0.2) is 0 Å². The van der Waals surface area contributed by atoms with E-state index in [1.807, 2.05) is 0 Å².